The third kappa shape index (κ3) is 3.92. The molecule has 0 spiro atoms. The average molecular weight is 386 g/mol. The van der Waals surface area contributed by atoms with Crippen LogP contribution in [0.25, 0.3) is 21.3 Å². The molecule has 2 heterocycles. The zero-order chi connectivity index (χ0) is 19.4. The smallest absolute Gasteiger partial charge is 0.262 e. The van der Waals surface area contributed by atoms with Crippen molar-refractivity contribution in [3.05, 3.63) is 45.8 Å². The van der Waals surface area contributed by atoms with Crippen molar-refractivity contribution in [2.75, 3.05) is 26.7 Å². The highest BCUT2D eigenvalue weighted by Gasteiger charge is 2.18. The van der Waals surface area contributed by atoms with Gasteiger partial charge in [0.15, 0.2) is 0 Å². The summed E-state index contributed by atoms with van der Waals surface area (Å²) >= 11 is 1.61. The van der Waals surface area contributed by atoms with Gasteiger partial charge in [0, 0.05) is 23.5 Å². The van der Waals surface area contributed by atoms with E-state index in [-0.39, 0.29) is 5.56 Å². The molecule has 0 atom stereocenters. The number of ether oxygens (including phenoxy) is 1. The molecule has 1 aromatic carbocycles. The van der Waals surface area contributed by atoms with Crippen LogP contribution in [0.15, 0.2) is 35.4 Å². The van der Waals surface area contributed by atoms with Crippen molar-refractivity contribution >= 4 is 21.6 Å². The Kier molecular flexibility index (Phi) is 6.29. The van der Waals surface area contributed by atoms with Gasteiger partial charge in [0.1, 0.15) is 10.6 Å². The molecule has 0 saturated carbocycles. The molecule has 27 heavy (non-hydrogen) atoms. The van der Waals surface area contributed by atoms with E-state index in [1.807, 2.05) is 24.3 Å². The highest BCUT2D eigenvalue weighted by Crippen LogP contribution is 2.37. The van der Waals surface area contributed by atoms with Crippen LogP contribution in [0.3, 0.4) is 0 Å². The Balaban J connectivity index is 2.12. The molecule has 0 saturated heterocycles. The highest BCUT2D eigenvalue weighted by molar-refractivity contribution is 7.19. The topological polar surface area (TPSA) is 47.4 Å². The summed E-state index contributed by atoms with van der Waals surface area (Å²) in [6, 6.07) is 7.92. The predicted molar refractivity (Wildman–Crippen MR) is 113 cm³/mol. The van der Waals surface area contributed by atoms with Gasteiger partial charge in [0.25, 0.3) is 5.56 Å². The van der Waals surface area contributed by atoms with Crippen LogP contribution in [0.2, 0.25) is 0 Å². The Morgan fingerprint density at radius 3 is 2.67 bits per heavy atom. The summed E-state index contributed by atoms with van der Waals surface area (Å²) in [6.45, 7) is 9.86. The Morgan fingerprint density at radius 2 is 2.00 bits per heavy atom. The lowest BCUT2D eigenvalue weighted by atomic mass is 10.0. The molecule has 0 amide bonds. The first kappa shape index (κ1) is 19.6. The van der Waals surface area contributed by atoms with Gasteiger partial charge in [-0.15, -0.1) is 11.3 Å². The molecule has 3 aromatic rings. The predicted octanol–water partition coefficient (Wildman–Crippen LogP) is 4.04. The molecular weight excluding hydrogens is 358 g/mol. The maximum absolute atomic E-state index is 13.3. The molecule has 0 aliphatic rings. The number of thiophene rings is 1. The number of likely N-dealkylation sites (N-methyl/N-ethyl adjacent to an activating group) is 1. The zero-order valence-corrected chi connectivity index (χ0v) is 17.3. The first-order valence-electron chi connectivity index (χ1n) is 9.50. The lowest BCUT2D eigenvalue weighted by Crippen LogP contribution is -2.31. The van der Waals surface area contributed by atoms with Crippen LogP contribution >= 0.6 is 11.3 Å². The Hall–Kier alpha value is -2.18. The minimum Gasteiger partial charge on any atom is -0.497 e. The van der Waals surface area contributed by atoms with E-state index < -0.39 is 0 Å². The number of fused-ring (bicyclic) bond motifs is 1. The molecule has 3 rings (SSSR count). The fraction of sp³-hybridized carbons (Fsp3) is 0.429. The largest absolute Gasteiger partial charge is 0.497 e. The van der Waals surface area contributed by atoms with Crippen molar-refractivity contribution in [2.45, 2.75) is 33.7 Å². The summed E-state index contributed by atoms with van der Waals surface area (Å²) in [7, 11) is 1.66. The van der Waals surface area contributed by atoms with Crippen LogP contribution in [0.4, 0.5) is 0 Å². The van der Waals surface area contributed by atoms with Crippen LogP contribution in [-0.2, 0) is 13.0 Å². The first-order valence-corrected chi connectivity index (χ1v) is 10.3. The van der Waals surface area contributed by atoms with Crippen LogP contribution in [0.5, 0.6) is 5.75 Å². The van der Waals surface area contributed by atoms with Gasteiger partial charge >= 0.3 is 0 Å². The number of methoxy groups -OCH3 is 1. The van der Waals surface area contributed by atoms with Crippen molar-refractivity contribution in [2.24, 2.45) is 0 Å². The van der Waals surface area contributed by atoms with E-state index in [4.69, 9.17) is 4.74 Å². The lowest BCUT2D eigenvalue weighted by Gasteiger charge is -2.18. The number of hydrogen-bond donors (Lipinski definition) is 0. The van der Waals surface area contributed by atoms with Crippen LogP contribution < -0.4 is 10.3 Å². The zero-order valence-electron chi connectivity index (χ0n) is 16.5. The third-order valence-corrected chi connectivity index (χ3v) is 6.22. The molecular formula is C21H27N3O2S. The second kappa shape index (κ2) is 8.67. The number of nitrogens with zero attached hydrogens (tertiary/aromatic N) is 3. The molecule has 5 nitrogen and oxygen atoms in total. The number of rotatable bonds is 8. The highest BCUT2D eigenvalue weighted by atomic mass is 32.1. The molecule has 0 unspecified atom stereocenters. The minimum absolute atomic E-state index is 0.0425. The molecule has 0 aliphatic heterocycles. The summed E-state index contributed by atoms with van der Waals surface area (Å²) in [5.41, 5.74) is 2.06. The van der Waals surface area contributed by atoms with Crippen molar-refractivity contribution < 1.29 is 4.74 Å². The fourth-order valence-corrected chi connectivity index (χ4v) is 4.44. The molecule has 6 heteroatoms. The van der Waals surface area contributed by atoms with Crippen LogP contribution in [0.1, 0.15) is 25.6 Å². The fourth-order valence-electron chi connectivity index (χ4n) is 3.35. The maximum atomic E-state index is 13.3. The van der Waals surface area contributed by atoms with E-state index >= 15 is 0 Å². The van der Waals surface area contributed by atoms with Gasteiger partial charge in [0.2, 0.25) is 0 Å². The number of aromatic nitrogens is 2. The normalized spacial score (nSPS) is 11.4. The first-order chi connectivity index (χ1) is 13.1. The summed E-state index contributed by atoms with van der Waals surface area (Å²) in [4.78, 5) is 22.2. The van der Waals surface area contributed by atoms with Gasteiger partial charge in [0.05, 0.1) is 18.8 Å². The Bertz CT molecular complexity index is 973. The second-order valence-corrected chi connectivity index (χ2v) is 7.52. The summed E-state index contributed by atoms with van der Waals surface area (Å²) in [5, 5.41) is 0.729. The molecule has 0 radical (unpaired) electrons. The standard InChI is InChI=1S/C21H27N3O2S/c1-5-17-18(15-9-8-10-16(13-15)26-4)19-20(27-17)22-14-24(21(19)25)12-11-23(6-2)7-3/h8-10,13-14H,5-7,11-12H2,1-4H3. The SMILES string of the molecule is CCc1sc2ncn(CCN(CC)CC)c(=O)c2c1-c1cccc(OC)c1. The number of aryl methyl sites for hydroxylation is 1. The molecule has 0 bridgehead atoms. The van der Waals surface area contributed by atoms with Crippen LogP contribution in [-0.4, -0.2) is 41.2 Å². The number of hydrogen-bond acceptors (Lipinski definition) is 5. The van der Waals surface area contributed by atoms with E-state index in [9.17, 15) is 4.79 Å². The van der Waals surface area contributed by atoms with Gasteiger partial charge < -0.3 is 9.64 Å². The van der Waals surface area contributed by atoms with Crippen molar-refractivity contribution in [1.82, 2.24) is 14.5 Å². The molecule has 144 valence electrons. The van der Waals surface area contributed by atoms with Gasteiger partial charge in [-0.1, -0.05) is 32.9 Å². The van der Waals surface area contributed by atoms with E-state index in [1.165, 1.54) is 4.88 Å². The summed E-state index contributed by atoms with van der Waals surface area (Å²) < 4.78 is 7.13. The van der Waals surface area contributed by atoms with Crippen molar-refractivity contribution in [3.63, 3.8) is 0 Å². The summed E-state index contributed by atoms with van der Waals surface area (Å²) in [5.74, 6) is 0.791. The second-order valence-electron chi connectivity index (χ2n) is 6.44. The quantitative estimate of drug-likeness (QED) is 0.587. The Morgan fingerprint density at radius 1 is 1.22 bits per heavy atom. The maximum Gasteiger partial charge on any atom is 0.262 e. The van der Waals surface area contributed by atoms with Crippen LogP contribution in [0, 0.1) is 0 Å². The van der Waals surface area contributed by atoms with E-state index in [0.29, 0.717) is 6.54 Å². The van der Waals surface area contributed by atoms with Crippen molar-refractivity contribution in [1.29, 1.82) is 0 Å². The third-order valence-electron chi connectivity index (χ3n) is 4.98. The molecule has 0 aliphatic carbocycles. The van der Waals surface area contributed by atoms with Gasteiger partial charge in [-0.3, -0.25) is 9.36 Å². The molecule has 0 N–H and O–H groups in total. The average Bonchev–Trinajstić information content (AvgIpc) is 3.09. The van der Waals surface area contributed by atoms with Crippen molar-refractivity contribution in [3.8, 4) is 16.9 Å². The van der Waals surface area contributed by atoms with E-state index in [2.05, 4.69) is 30.7 Å². The molecule has 0 fully saturated rings. The molecule has 2 aromatic heterocycles. The van der Waals surface area contributed by atoms with E-state index in [0.717, 1.165) is 53.1 Å². The van der Waals surface area contributed by atoms with Gasteiger partial charge in [-0.25, -0.2) is 4.98 Å². The number of benzene rings is 1. The lowest BCUT2D eigenvalue weighted by molar-refractivity contribution is 0.289. The summed E-state index contributed by atoms with van der Waals surface area (Å²) in [6.07, 6.45) is 2.56. The van der Waals surface area contributed by atoms with Gasteiger partial charge in [-0.05, 0) is 37.2 Å². The monoisotopic (exact) mass is 385 g/mol. The van der Waals surface area contributed by atoms with E-state index in [1.54, 1.807) is 29.3 Å². The van der Waals surface area contributed by atoms with Gasteiger partial charge in [-0.2, -0.15) is 0 Å². The minimum atomic E-state index is 0.0425. The Labute approximate surface area is 164 Å².